The highest BCUT2D eigenvalue weighted by Gasteiger charge is 2.31. The standard InChI is InChI=1S/C11H27NOSi/c1-8(11(5,6)13-14)9(12)7-10(2,3)4/h8-9H,7,12H2,1-6,14H3. The molecule has 0 aromatic rings. The molecule has 2 unspecified atom stereocenters. The van der Waals surface area contributed by atoms with Crippen LogP contribution < -0.4 is 5.73 Å². The molecular formula is C11H27NOSi. The van der Waals surface area contributed by atoms with Crippen LogP contribution in [0.5, 0.6) is 0 Å². The Morgan fingerprint density at radius 2 is 1.64 bits per heavy atom. The van der Waals surface area contributed by atoms with Crippen molar-refractivity contribution in [1.82, 2.24) is 0 Å². The largest absolute Gasteiger partial charge is 0.423 e. The van der Waals surface area contributed by atoms with Crippen LogP contribution in [0.15, 0.2) is 0 Å². The Bertz CT molecular complexity index is 175. The van der Waals surface area contributed by atoms with E-state index in [1.54, 1.807) is 0 Å². The summed E-state index contributed by atoms with van der Waals surface area (Å²) in [5, 5.41) is 0. The van der Waals surface area contributed by atoms with Crippen molar-refractivity contribution >= 4 is 10.5 Å². The number of rotatable bonds is 4. The summed E-state index contributed by atoms with van der Waals surface area (Å²) >= 11 is 0. The summed E-state index contributed by atoms with van der Waals surface area (Å²) in [5.41, 5.74) is 6.43. The third kappa shape index (κ3) is 4.58. The van der Waals surface area contributed by atoms with Crippen LogP contribution in [0.1, 0.15) is 48.0 Å². The molecule has 0 aromatic carbocycles. The van der Waals surface area contributed by atoms with Crippen molar-refractivity contribution < 1.29 is 4.43 Å². The normalized spacial score (nSPS) is 18.2. The summed E-state index contributed by atoms with van der Waals surface area (Å²) in [4.78, 5) is 0. The fourth-order valence-electron chi connectivity index (χ4n) is 1.59. The summed E-state index contributed by atoms with van der Waals surface area (Å²) in [7, 11) is 0.777. The molecule has 2 N–H and O–H groups in total. The molecule has 86 valence electrons. The first kappa shape index (κ1) is 14.1. The van der Waals surface area contributed by atoms with E-state index in [1.165, 1.54) is 0 Å². The van der Waals surface area contributed by atoms with Gasteiger partial charge in [0, 0.05) is 6.04 Å². The molecule has 3 heteroatoms. The Labute approximate surface area is 92.1 Å². The maximum Gasteiger partial charge on any atom is 0.146 e. The molecule has 2 atom stereocenters. The van der Waals surface area contributed by atoms with Crippen molar-refractivity contribution in [3.8, 4) is 0 Å². The van der Waals surface area contributed by atoms with Crippen LogP contribution in [-0.4, -0.2) is 22.1 Å². The van der Waals surface area contributed by atoms with Gasteiger partial charge in [-0.25, -0.2) is 0 Å². The highest BCUT2D eigenvalue weighted by molar-refractivity contribution is 5.98. The smallest absolute Gasteiger partial charge is 0.146 e. The molecule has 0 bridgehead atoms. The first-order valence-electron chi connectivity index (χ1n) is 5.41. The van der Waals surface area contributed by atoms with Gasteiger partial charge in [-0.1, -0.05) is 27.7 Å². The summed E-state index contributed by atoms with van der Waals surface area (Å²) in [6.07, 6.45) is 1.04. The van der Waals surface area contributed by atoms with Gasteiger partial charge in [-0.3, -0.25) is 0 Å². The van der Waals surface area contributed by atoms with E-state index in [1.807, 2.05) is 0 Å². The fourth-order valence-corrected chi connectivity index (χ4v) is 1.96. The van der Waals surface area contributed by atoms with Crippen LogP contribution in [-0.2, 0) is 4.43 Å². The van der Waals surface area contributed by atoms with Crippen molar-refractivity contribution in [3.05, 3.63) is 0 Å². The first-order valence-corrected chi connectivity index (χ1v) is 6.22. The van der Waals surface area contributed by atoms with Gasteiger partial charge >= 0.3 is 0 Å². The molecule has 14 heavy (non-hydrogen) atoms. The lowest BCUT2D eigenvalue weighted by molar-refractivity contribution is 0.0414. The van der Waals surface area contributed by atoms with Crippen molar-refractivity contribution in [2.24, 2.45) is 17.1 Å². The lowest BCUT2D eigenvalue weighted by Crippen LogP contribution is -2.45. The van der Waals surface area contributed by atoms with Crippen LogP contribution >= 0.6 is 0 Å². The van der Waals surface area contributed by atoms with Crippen molar-refractivity contribution in [1.29, 1.82) is 0 Å². The zero-order valence-corrected chi connectivity index (χ0v) is 12.8. The van der Waals surface area contributed by atoms with Gasteiger partial charge in [-0.05, 0) is 31.6 Å². The SMILES string of the molecule is CC(C(N)CC(C)(C)C)C(C)(C)O[SiH3]. The van der Waals surface area contributed by atoms with Crippen LogP contribution in [0.2, 0.25) is 0 Å². The monoisotopic (exact) mass is 217 g/mol. The van der Waals surface area contributed by atoms with Crippen molar-refractivity contribution in [3.63, 3.8) is 0 Å². The summed E-state index contributed by atoms with van der Waals surface area (Å²) in [5.74, 6) is 0.402. The van der Waals surface area contributed by atoms with Crippen LogP contribution in [0.4, 0.5) is 0 Å². The lowest BCUT2D eigenvalue weighted by Gasteiger charge is -2.37. The van der Waals surface area contributed by atoms with E-state index in [0.717, 1.165) is 16.9 Å². The maximum absolute atomic E-state index is 6.20. The first-order chi connectivity index (χ1) is 6.10. The number of hydrogen-bond donors (Lipinski definition) is 1. The van der Waals surface area contributed by atoms with Gasteiger partial charge in [0.05, 0.1) is 5.60 Å². The maximum atomic E-state index is 6.20. The zero-order valence-electron chi connectivity index (χ0n) is 10.8. The zero-order chi connectivity index (χ0) is 11.6. The molecule has 0 aliphatic rings. The van der Waals surface area contributed by atoms with Crippen LogP contribution in [0.25, 0.3) is 0 Å². The Hall–Kier alpha value is 0.137. The lowest BCUT2D eigenvalue weighted by atomic mass is 9.78. The van der Waals surface area contributed by atoms with E-state index in [2.05, 4.69) is 41.5 Å². The molecule has 0 saturated carbocycles. The minimum absolute atomic E-state index is 0.0725. The Kier molecular flexibility index (Phi) is 4.82. The predicted octanol–water partition coefficient (Wildman–Crippen LogP) is 1.46. The number of nitrogens with two attached hydrogens (primary N) is 1. The average molecular weight is 217 g/mol. The van der Waals surface area contributed by atoms with Gasteiger partial charge in [0.1, 0.15) is 10.5 Å². The van der Waals surface area contributed by atoms with E-state index in [9.17, 15) is 0 Å². The number of hydrogen-bond acceptors (Lipinski definition) is 2. The van der Waals surface area contributed by atoms with Crippen LogP contribution in [0.3, 0.4) is 0 Å². The van der Waals surface area contributed by atoms with Gasteiger partial charge in [0.2, 0.25) is 0 Å². The second-order valence-corrected chi connectivity index (χ2v) is 6.43. The summed E-state index contributed by atoms with van der Waals surface area (Å²) in [6.45, 7) is 13.1. The molecule has 0 heterocycles. The molecule has 0 fully saturated rings. The van der Waals surface area contributed by atoms with Gasteiger partial charge in [-0.2, -0.15) is 0 Å². The summed E-state index contributed by atoms with van der Waals surface area (Å²) < 4.78 is 5.59. The average Bonchev–Trinajstić information content (AvgIpc) is 2.00. The Balaban J connectivity index is 4.33. The van der Waals surface area contributed by atoms with Gasteiger partial charge < -0.3 is 10.2 Å². The van der Waals surface area contributed by atoms with Crippen LogP contribution in [0, 0.1) is 11.3 Å². The fraction of sp³-hybridized carbons (Fsp3) is 1.00. The molecular weight excluding hydrogens is 190 g/mol. The molecule has 0 aromatic heterocycles. The molecule has 0 saturated heterocycles. The van der Waals surface area contributed by atoms with E-state index in [4.69, 9.17) is 10.2 Å². The minimum atomic E-state index is -0.0725. The summed E-state index contributed by atoms with van der Waals surface area (Å²) in [6, 6.07) is 0.221. The van der Waals surface area contributed by atoms with Gasteiger partial charge in [-0.15, -0.1) is 0 Å². The predicted molar refractivity (Wildman–Crippen MR) is 66.3 cm³/mol. The van der Waals surface area contributed by atoms with E-state index >= 15 is 0 Å². The van der Waals surface area contributed by atoms with E-state index in [0.29, 0.717) is 11.3 Å². The van der Waals surface area contributed by atoms with Gasteiger partial charge in [0.25, 0.3) is 0 Å². The second kappa shape index (κ2) is 4.77. The molecule has 0 spiro atoms. The Morgan fingerprint density at radius 3 is 1.93 bits per heavy atom. The van der Waals surface area contributed by atoms with E-state index < -0.39 is 0 Å². The molecule has 0 aliphatic heterocycles. The third-order valence-electron chi connectivity index (χ3n) is 3.11. The highest BCUT2D eigenvalue weighted by Crippen LogP contribution is 2.29. The van der Waals surface area contributed by atoms with Crippen molar-refractivity contribution in [2.75, 3.05) is 0 Å². The molecule has 2 nitrogen and oxygen atoms in total. The molecule has 0 aliphatic carbocycles. The molecule has 0 radical (unpaired) electrons. The second-order valence-electron chi connectivity index (χ2n) is 6.02. The molecule has 0 rings (SSSR count). The quantitative estimate of drug-likeness (QED) is 0.724. The molecule has 0 amide bonds. The Morgan fingerprint density at radius 1 is 1.21 bits per heavy atom. The van der Waals surface area contributed by atoms with Crippen molar-refractivity contribution in [2.45, 2.75) is 59.6 Å². The van der Waals surface area contributed by atoms with E-state index in [-0.39, 0.29) is 11.6 Å². The van der Waals surface area contributed by atoms with Gasteiger partial charge in [0.15, 0.2) is 0 Å². The third-order valence-corrected chi connectivity index (χ3v) is 4.17. The topological polar surface area (TPSA) is 35.2 Å². The highest BCUT2D eigenvalue weighted by atomic mass is 28.2. The minimum Gasteiger partial charge on any atom is -0.423 e.